The van der Waals surface area contributed by atoms with Crippen LogP contribution in [0, 0.1) is 0 Å². The van der Waals surface area contributed by atoms with E-state index in [1.165, 1.54) is 7.11 Å². The van der Waals surface area contributed by atoms with Crippen molar-refractivity contribution in [3.63, 3.8) is 0 Å². The van der Waals surface area contributed by atoms with Crippen LogP contribution in [0.5, 0.6) is 11.5 Å². The van der Waals surface area contributed by atoms with Gasteiger partial charge >= 0.3 is 5.97 Å². The van der Waals surface area contributed by atoms with E-state index in [4.69, 9.17) is 19.9 Å². The number of para-hydroxylation sites is 1. The number of benzene rings is 3. The van der Waals surface area contributed by atoms with Gasteiger partial charge in [-0.1, -0.05) is 48.5 Å². The molecule has 0 aromatic heterocycles. The Bertz CT molecular complexity index is 925. The Kier molecular flexibility index (Phi) is 6.65. The Morgan fingerprint density at radius 3 is 2.43 bits per heavy atom. The third kappa shape index (κ3) is 4.90. The average molecular weight is 377 g/mol. The summed E-state index contributed by atoms with van der Waals surface area (Å²) in [7, 11) is 1.35. The zero-order valence-corrected chi connectivity index (χ0v) is 15.8. The fraction of sp³-hybridized carbons (Fsp3) is 0.174. The van der Waals surface area contributed by atoms with Gasteiger partial charge in [0.05, 0.1) is 12.7 Å². The molecule has 0 fully saturated rings. The van der Waals surface area contributed by atoms with Gasteiger partial charge in [0.15, 0.2) is 0 Å². The average Bonchev–Trinajstić information content (AvgIpc) is 2.76. The van der Waals surface area contributed by atoms with Gasteiger partial charge in [0.1, 0.15) is 24.7 Å². The van der Waals surface area contributed by atoms with Crippen LogP contribution in [0.25, 0.3) is 11.1 Å². The van der Waals surface area contributed by atoms with Crippen molar-refractivity contribution in [1.29, 1.82) is 0 Å². The van der Waals surface area contributed by atoms with Crippen LogP contribution in [0.1, 0.15) is 15.9 Å². The number of nitrogens with two attached hydrogens (primary N) is 1. The van der Waals surface area contributed by atoms with Crippen LogP contribution >= 0.6 is 0 Å². The number of methoxy groups -OCH3 is 1. The van der Waals surface area contributed by atoms with Crippen LogP contribution in [0.3, 0.4) is 0 Å². The molecular weight excluding hydrogens is 354 g/mol. The van der Waals surface area contributed by atoms with Gasteiger partial charge in [-0.25, -0.2) is 4.79 Å². The first-order valence-corrected chi connectivity index (χ1v) is 9.03. The Morgan fingerprint density at radius 2 is 1.68 bits per heavy atom. The second-order valence-electron chi connectivity index (χ2n) is 6.15. The molecule has 0 atom stereocenters. The molecule has 3 aromatic carbocycles. The Balaban J connectivity index is 1.94. The van der Waals surface area contributed by atoms with Gasteiger partial charge in [-0.15, -0.1) is 0 Å². The highest BCUT2D eigenvalue weighted by Crippen LogP contribution is 2.33. The van der Waals surface area contributed by atoms with Gasteiger partial charge in [0, 0.05) is 12.1 Å². The maximum Gasteiger partial charge on any atom is 0.338 e. The second kappa shape index (κ2) is 9.58. The number of ether oxygens (including phenoxy) is 3. The topological polar surface area (TPSA) is 70.8 Å². The molecule has 0 heterocycles. The predicted octanol–water partition coefficient (Wildman–Crippen LogP) is 4.06. The monoisotopic (exact) mass is 377 g/mol. The Labute approximate surface area is 164 Å². The number of hydrogen-bond acceptors (Lipinski definition) is 5. The van der Waals surface area contributed by atoms with Crippen molar-refractivity contribution in [2.24, 2.45) is 5.73 Å². The van der Waals surface area contributed by atoms with Crippen LogP contribution < -0.4 is 15.2 Å². The van der Waals surface area contributed by atoms with Gasteiger partial charge in [0.25, 0.3) is 0 Å². The van der Waals surface area contributed by atoms with Crippen LogP contribution in [-0.2, 0) is 11.3 Å². The first kappa shape index (κ1) is 19.5. The third-order valence-corrected chi connectivity index (χ3v) is 4.15. The molecule has 0 aliphatic carbocycles. The van der Waals surface area contributed by atoms with Crippen molar-refractivity contribution in [1.82, 2.24) is 0 Å². The van der Waals surface area contributed by atoms with E-state index in [2.05, 4.69) is 0 Å². The lowest BCUT2D eigenvalue weighted by atomic mass is 10.0. The lowest BCUT2D eigenvalue weighted by Gasteiger charge is -2.14. The fourth-order valence-electron chi connectivity index (χ4n) is 2.82. The van der Waals surface area contributed by atoms with Crippen molar-refractivity contribution in [3.05, 3.63) is 83.9 Å². The molecule has 5 nitrogen and oxygen atoms in total. The smallest absolute Gasteiger partial charge is 0.338 e. The lowest BCUT2D eigenvalue weighted by Crippen LogP contribution is -2.11. The van der Waals surface area contributed by atoms with Gasteiger partial charge in [0.2, 0.25) is 0 Å². The summed E-state index contributed by atoms with van der Waals surface area (Å²) >= 11 is 0. The van der Waals surface area contributed by atoms with E-state index < -0.39 is 5.97 Å². The minimum Gasteiger partial charge on any atom is -0.492 e. The first-order valence-electron chi connectivity index (χ1n) is 9.03. The quantitative estimate of drug-likeness (QED) is 0.600. The standard InChI is InChI=1S/C23H23NO4/c1-26-23(25)19-13-18(14-20(15-19)27-12-11-24)21-9-5-6-10-22(21)28-16-17-7-3-2-4-8-17/h2-10,13-15H,11-12,16,24H2,1H3. The third-order valence-electron chi connectivity index (χ3n) is 4.15. The van der Waals surface area contributed by atoms with Crippen LogP contribution in [0.2, 0.25) is 0 Å². The minimum absolute atomic E-state index is 0.357. The van der Waals surface area contributed by atoms with Crippen molar-refractivity contribution in [3.8, 4) is 22.6 Å². The summed E-state index contributed by atoms with van der Waals surface area (Å²) in [6.07, 6.45) is 0. The van der Waals surface area contributed by atoms with Crippen LogP contribution in [0.4, 0.5) is 0 Å². The Hall–Kier alpha value is -3.31. The van der Waals surface area contributed by atoms with E-state index >= 15 is 0 Å². The van der Waals surface area contributed by atoms with Crippen molar-refractivity contribution < 1.29 is 19.0 Å². The van der Waals surface area contributed by atoms with Gasteiger partial charge < -0.3 is 19.9 Å². The largest absolute Gasteiger partial charge is 0.492 e. The van der Waals surface area contributed by atoms with E-state index in [1.807, 2.05) is 60.7 Å². The molecule has 3 aromatic rings. The SMILES string of the molecule is COC(=O)c1cc(OCCN)cc(-c2ccccc2OCc2ccccc2)c1. The second-order valence-corrected chi connectivity index (χ2v) is 6.15. The molecule has 0 aliphatic heterocycles. The van der Waals surface area contributed by atoms with Crippen molar-refractivity contribution in [2.45, 2.75) is 6.61 Å². The van der Waals surface area contributed by atoms with E-state index in [1.54, 1.807) is 12.1 Å². The molecule has 0 unspecified atom stereocenters. The lowest BCUT2D eigenvalue weighted by molar-refractivity contribution is 0.0600. The van der Waals surface area contributed by atoms with Crippen LogP contribution in [0.15, 0.2) is 72.8 Å². The number of carbonyl (C=O) groups is 1. The molecule has 0 spiro atoms. The summed E-state index contributed by atoms with van der Waals surface area (Å²) in [5.41, 5.74) is 8.68. The summed E-state index contributed by atoms with van der Waals surface area (Å²) in [4.78, 5) is 12.1. The summed E-state index contributed by atoms with van der Waals surface area (Å²) in [6, 6.07) is 22.9. The Morgan fingerprint density at radius 1 is 0.929 bits per heavy atom. The molecule has 3 rings (SSSR count). The number of hydrogen-bond donors (Lipinski definition) is 1. The fourth-order valence-corrected chi connectivity index (χ4v) is 2.82. The van der Waals surface area contributed by atoms with Crippen molar-refractivity contribution in [2.75, 3.05) is 20.3 Å². The number of esters is 1. The van der Waals surface area contributed by atoms with Gasteiger partial charge in [-0.3, -0.25) is 0 Å². The molecular formula is C23H23NO4. The molecule has 0 amide bonds. The molecule has 28 heavy (non-hydrogen) atoms. The summed E-state index contributed by atoms with van der Waals surface area (Å²) < 4.78 is 16.6. The first-order chi connectivity index (χ1) is 13.7. The molecule has 5 heteroatoms. The normalized spacial score (nSPS) is 10.4. The molecule has 0 radical (unpaired) electrons. The van der Waals surface area contributed by atoms with E-state index in [-0.39, 0.29) is 0 Å². The van der Waals surface area contributed by atoms with E-state index in [0.717, 1.165) is 22.4 Å². The maximum absolute atomic E-state index is 12.1. The van der Waals surface area contributed by atoms with Crippen molar-refractivity contribution >= 4 is 5.97 Å². The summed E-state index contributed by atoms with van der Waals surface area (Å²) in [5, 5.41) is 0. The zero-order chi connectivity index (χ0) is 19.8. The maximum atomic E-state index is 12.1. The molecule has 0 saturated carbocycles. The number of rotatable bonds is 8. The molecule has 2 N–H and O–H groups in total. The zero-order valence-electron chi connectivity index (χ0n) is 15.8. The molecule has 144 valence electrons. The highest BCUT2D eigenvalue weighted by molar-refractivity contribution is 5.92. The van der Waals surface area contributed by atoms with Gasteiger partial charge in [-0.2, -0.15) is 0 Å². The van der Waals surface area contributed by atoms with Gasteiger partial charge in [-0.05, 0) is 35.4 Å². The summed E-state index contributed by atoms with van der Waals surface area (Å²) in [5.74, 6) is 0.849. The minimum atomic E-state index is -0.429. The molecule has 0 saturated heterocycles. The molecule has 0 bridgehead atoms. The van der Waals surface area contributed by atoms with E-state index in [9.17, 15) is 4.79 Å². The highest BCUT2D eigenvalue weighted by Gasteiger charge is 2.13. The predicted molar refractivity (Wildman–Crippen MR) is 109 cm³/mol. The summed E-state index contributed by atoms with van der Waals surface area (Å²) in [6.45, 7) is 1.19. The van der Waals surface area contributed by atoms with Crippen LogP contribution in [-0.4, -0.2) is 26.2 Å². The highest BCUT2D eigenvalue weighted by atomic mass is 16.5. The number of carbonyl (C=O) groups excluding carboxylic acids is 1. The molecule has 0 aliphatic rings. The van der Waals surface area contributed by atoms with E-state index in [0.29, 0.717) is 31.1 Å².